The summed E-state index contributed by atoms with van der Waals surface area (Å²) in [5.74, 6) is 2.10. The predicted molar refractivity (Wildman–Crippen MR) is 134 cm³/mol. The zero-order valence-corrected chi connectivity index (χ0v) is 20.4. The van der Waals surface area contributed by atoms with E-state index in [-0.39, 0.29) is 18.2 Å². The molecule has 11 heteroatoms. The third-order valence-corrected chi connectivity index (χ3v) is 6.39. The molecule has 2 bridgehead atoms. The van der Waals surface area contributed by atoms with Gasteiger partial charge in [-0.15, -0.1) is 5.10 Å². The van der Waals surface area contributed by atoms with Gasteiger partial charge >= 0.3 is 6.09 Å². The molecule has 4 aromatic heterocycles. The average molecular weight is 486 g/mol. The second kappa shape index (κ2) is 8.43. The number of hydrogen-bond acceptors (Lipinski definition) is 9. The number of nitrogens with zero attached hydrogens (tertiary/aromatic N) is 8. The number of likely N-dealkylation sites (tertiary alicyclic amines) is 1. The molecule has 1 amide bonds. The van der Waals surface area contributed by atoms with Crippen LogP contribution in [-0.2, 0) is 4.74 Å². The molecule has 0 unspecified atom stereocenters. The summed E-state index contributed by atoms with van der Waals surface area (Å²) in [6.45, 7) is 7.02. The number of hydrogen-bond donors (Lipinski definition) is 1. The van der Waals surface area contributed by atoms with Crippen LogP contribution in [0.4, 0.5) is 22.2 Å². The molecule has 4 aromatic rings. The third kappa shape index (κ3) is 4.06. The van der Waals surface area contributed by atoms with E-state index in [1.165, 1.54) is 0 Å². The maximum Gasteiger partial charge on any atom is 0.410 e. The highest BCUT2D eigenvalue weighted by Gasteiger charge is 2.47. The summed E-state index contributed by atoms with van der Waals surface area (Å²) in [7, 11) is 0. The third-order valence-electron chi connectivity index (χ3n) is 6.39. The number of anilines is 3. The van der Waals surface area contributed by atoms with E-state index < -0.39 is 5.60 Å². The van der Waals surface area contributed by atoms with E-state index in [0.29, 0.717) is 18.2 Å². The van der Waals surface area contributed by atoms with Crippen LogP contribution in [0.5, 0.6) is 0 Å². The number of nitrogens with one attached hydrogen (secondary N) is 1. The number of pyridine rings is 2. The summed E-state index contributed by atoms with van der Waals surface area (Å²) in [5, 5.41) is 8.91. The van der Waals surface area contributed by atoms with Crippen molar-refractivity contribution in [3.8, 4) is 5.69 Å². The van der Waals surface area contributed by atoms with Crippen molar-refractivity contribution >= 4 is 34.6 Å². The van der Waals surface area contributed by atoms with Gasteiger partial charge in [-0.3, -0.25) is 4.98 Å². The van der Waals surface area contributed by atoms with Crippen LogP contribution in [-0.4, -0.2) is 71.5 Å². The van der Waals surface area contributed by atoms with Crippen LogP contribution in [0.3, 0.4) is 0 Å². The fourth-order valence-electron chi connectivity index (χ4n) is 4.90. The molecule has 184 valence electrons. The number of ether oxygens (including phenoxy) is 1. The number of carbonyl (C=O) groups is 1. The second-order valence-corrected chi connectivity index (χ2v) is 10.1. The Balaban J connectivity index is 1.26. The second-order valence-electron chi connectivity index (χ2n) is 10.1. The summed E-state index contributed by atoms with van der Waals surface area (Å²) >= 11 is 0. The number of rotatable bonds is 4. The molecule has 0 aliphatic carbocycles. The lowest BCUT2D eigenvalue weighted by molar-refractivity contribution is 0.0214. The average Bonchev–Trinajstić information content (AvgIpc) is 3.57. The highest BCUT2D eigenvalue weighted by atomic mass is 16.6. The van der Waals surface area contributed by atoms with Gasteiger partial charge in [0.05, 0.1) is 29.4 Å². The first-order chi connectivity index (χ1) is 17.4. The maximum absolute atomic E-state index is 12.6. The smallest absolute Gasteiger partial charge is 0.410 e. The Kier molecular flexibility index (Phi) is 5.20. The fourth-order valence-corrected chi connectivity index (χ4v) is 4.90. The van der Waals surface area contributed by atoms with Gasteiger partial charge in [-0.25, -0.2) is 24.4 Å². The molecule has 2 saturated heterocycles. The molecule has 11 nitrogen and oxygen atoms in total. The summed E-state index contributed by atoms with van der Waals surface area (Å²) in [5.41, 5.74) is 1.07. The van der Waals surface area contributed by atoms with Gasteiger partial charge in [-0.1, -0.05) is 0 Å². The number of fused-ring (bicyclic) bond motifs is 3. The lowest BCUT2D eigenvalue weighted by Gasteiger charge is -2.35. The Hall–Kier alpha value is -4.28. The van der Waals surface area contributed by atoms with Gasteiger partial charge in [0.2, 0.25) is 0 Å². The lowest BCUT2D eigenvalue weighted by Crippen LogP contribution is -2.50. The first-order valence-corrected chi connectivity index (χ1v) is 12.0. The number of piperazine rings is 1. The van der Waals surface area contributed by atoms with Gasteiger partial charge < -0.3 is 19.9 Å². The minimum Gasteiger partial charge on any atom is -0.444 e. The van der Waals surface area contributed by atoms with Crippen LogP contribution < -0.4 is 10.2 Å². The monoisotopic (exact) mass is 485 g/mol. The van der Waals surface area contributed by atoms with Crippen LogP contribution in [0.15, 0.2) is 55.2 Å². The van der Waals surface area contributed by atoms with Crippen LogP contribution in [0.1, 0.15) is 27.2 Å². The SMILES string of the molecule is CC(C)(C)OC(=O)N1C[C@@H]2C[C@H]1CN2c1cc(-n2nc(Nc3cnccn3)c3cccnc32)ccn1. The first kappa shape index (κ1) is 22.2. The van der Waals surface area contributed by atoms with E-state index in [4.69, 9.17) is 9.84 Å². The van der Waals surface area contributed by atoms with Crippen molar-refractivity contribution in [1.29, 1.82) is 0 Å². The minimum atomic E-state index is -0.504. The van der Waals surface area contributed by atoms with Crippen LogP contribution in [0.25, 0.3) is 16.7 Å². The Morgan fingerprint density at radius 3 is 2.69 bits per heavy atom. The van der Waals surface area contributed by atoms with Gasteiger partial charge in [0.1, 0.15) is 17.2 Å². The van der Waals surface area contributed by atoms with E-state index in [1.54, 1.807) is 35.7 Å². The molecule has 2 fully saturated rings. The Morgan fingerprint density at radius 2 is 1.94 bits per heavy atom. The highest BCUT2D eigenvalue weighted by molar-refractivity contribution is 5.90. The van der Waals surface area contributed by atoms with Gasteiger partial charge in [0.25, 0.3) is 0 Å². The quantitative estimate of drug-likeness (QED) is 0.463. The largest absolute Gasteiger partial charge is 0.444 e. The maximum atomic E-state index is 12.6. The molecule has 0 radical (unpaired) electrons. The summed E-state index contributed by atoms with van der Waals surface area (Å²) < 4.78 is 7.40. The molecule has 1 N–H and O–H groups in total. The van der Waals surface area contributed by atoms with Crippen molar-refractivity contribution in [1.82, 2.24) is 34.6 Å². The molecule has 0 saturated carbocycles. The van der Waals surface area contributed by atoms with Crippen molar-refractivity contribution in [3.05, 3.63) is 55.2 Å². The molecule has 2 atom stereocenters. The highest BCUT2D eigenvalue weighted by Crippen LogP contribution is 2.35. The van der Waals surface area contributed by atoms with Crippen molar-refractivity contribution in [2.24, 2.45) is 0 Å². The predicted octanol–water partition coefficient (Wildman–Crippen LogP) is 3.55. The number of carbonyl (C=O) groups excluding carboxylic acids is 1. The molecular weight excluding hydrogens is 458 g/mol. The normalized spacial score (nSPS) is 19.2. The Bertz CT molecular complexity index is 1420. The first-order valence-electron chi connectivity index (χ1n) is 12.0. The van der Waals surface area contributed by atoms with E-state index in [9.17, 15) is 4.79 Å². The van der Waals surface area contributed by atoms with Gasteiger partial charge in [0, 0.05) is 43.9 Å². The molecular formula is C25H27N9O2. The lowest BCUT2D eigenvalue weighted by atomic mass is 10.2. The topological polar surface area (TPSA) is 114 Å². The summed E-state index contributed by atoms with van der Waals surface area (Å²) in [6, 6.07) is 8.10. The summed E-state index contributed by atoms with van der Waals surface area (Å²) in [6.07, 6.45) is 9.10. The van der Waals surface area contributed by atoms with Crippen molar-refractivity contribution < 1.29 is 9.53 Å². The number of aromatic nitrogens is 6. The molecule has 0 spiro atoms. The molecule has 36 heavy (non-hydrogen) atoms. The minimum absolute atomic E-state index is 0.116. The van der Waals surface area contributed by atoms with E-state index in [2.05, 4.69) is 30.2 Å². The molecule has 2 aliphatic heterocycles. The summed E-state index contributed by atoms with van der Waals surface area (Å²) in [4.78, 5) is 34.4. The standard InChI is InChI=1S/C25H27N9O2/c1-25(2,3)36-24(35)33-15-17-11-18(33)14-32(17)21-12-16(6-8-28-21)34-23-19(5-4-7-29-23)22(31-34)30-20-13-26-9-10-27-20/h4-10,12-13,17-18H,11,14-15H2,1-3H3,(H,27,30,31)/t17-,18-/m0/s1. The Morgan fingerprint density at radius 1 is 1.06 bits per heavy atom. The fraction of sp³-hybridized carbons (Fsp3) is 0.360. The van der Waals surface area contributed by atoms with Gasteiger partial charge in [-0.2, -0.15) is 0 Å². The van der Waals surface area contributed by atoms with Crippen molar-refractivity contribution in [2.45, 2.75) is 44.9 Å². The van der Waals surface area contributed by atoms with Gasteiger partial charge in [-0.05, 0) is 45.4 Å². The zero-order chi connectivity index (χ0) is 24.9. The van der Waals surface area contributed by atoms with E-state index in [1.807, 2.05) is 49.9 Å². The zero-order valence-electron chi connectivity index (χ0n) is 20.4. The van der Waals surface area contributed by atoms with Crippen molar-refractivity contribution in [3.63, 3.8) is 0 Å². The van der Waals surface area contributed by atoms with Gasteiger partial charge in [0.15, 0.2) is 11.5 Å². The van der Waals surface area contributed by atoms with E-state index >= 15 is 0 Å². The molecule has 6 heterocycles. The molecule has 0 aromatic carbocycles. The van der Waals surface area contributed by atoms with E-state index in [0.717, 1.165) is 35.5 Å². The molecule has 6 rings (SSSR count). The van der Waals surface area contributed by atoms with Crippen LogP contribution in [0.2, 0.25) is 0 Å². The Labute approximate surface area is 208 Å². The number of amides is 1. The van der Waals surface area contributed by atoms with Crippen LogP contribution in [0, 0.1) is 0 Å². The van der Waals surface area contributed by atoms with Crippen LogP contribution >= 0.6 is 0 Å². The molecule has 2 aliphatic rings. The van der Waals surface area contributed by atoms with Crippen molar-refractivity contribution in [2.75, 3.05) is 23.3 Å².